The van der Waals surface area contributed by atoms with Crippen LogP contribution < -0.4 is 4.90 Å². The second-order valence-corrected chi connectivity index (χ2v) is 15.6. The first-order chi connectivity index (χ1) is 27.8. The summed E-state index contributed by atoms with van der Waals surface area (Å²) in [7, 11) is 0. The summed E-state index contributed by atoms with van der Waals surface area (Å²) in [6.07, 6.45) is 0. The monoisotopic (exact) mass is 729 g/mol. The van der Waals surface area contributed by atoms with E-state index in [9.17, 15) is 0 Å². The molecule has 1 heterocycles. The number of rotatable bonds is 6. The molecule has 1 nitrogen and oxygen atoms in total. The predicted octanol–water partition coefficient (Wildman–Crippen LogP) is 16.0. The third kappa shape index (κ3) is 5.46. The molecular weight excluding hydrogens is 695 g/mol. The third-order valence-corrected chi connectivity index (χ3v) is 12.4. The molecule has 1 aromatic heterocycles. The molecule has 0 saturated carbocycles. The molecular formula is C54H35NS. The van der Waals surface area contributed by atoms with Crippen LogP contribution in [0.5, 0.6) is 0 Å². The van der Waals surface area contributed by atoms with Gasteiger partial charge >= 0.3 is 0 Å². The second kappa shape index (κ2) is 13.4. The van der Waals surface area contributed by atoms with Crippen LogP contribution >= 0.6 is 11.3 Å². The Morgan fingerprint density at radius 3 is 1.77 bits per heavy atom. The lowest BCUT2D eigenvalue weighted by molar-refractivity contribution is 1.29. The van der Waals surface area contributed by atoms with E-state index in [0.717, 1.165) is 17.1 Å². The van der Waals surface area contributed by atoms with E-state index in [-0.39, 0.29) is 0 Å². The van der Waals surface area contributed by atoms with Crippen molar-refractivity contribution in [2.45, 2.75) is 0 Å². The van der Waals surface area contributed by atoms with Gasteiger partial charge in [0.25, 0.3) is 0 Å². The SMILES string of the molecule is c1ccc(-c2ccc(N(c3ccc4c(c3)sc3ccccc34)c3cccc(-c4ccc5ccccc5c4)c3-c3cc4ccccc4c4ccccc34)cc2)cc1. The van der Waals surface area contributed by atoms with Gasteiger partial charge in [-0.05, 0) is 109 Å². The Bertz CT molecular complexity index is 3250. The number of fused-ring (bicyclic) bond motifs is 7. The Morgan fingerprint density at radius 2 is 0.929 bits per heavy atom. The fourth-order valence-corrected chi connectivity index (χ4v) is 9.72. The standard InChI is InChI=1S/C54H35NS/c1-2-13-36(14-3-1)38-27-29-42(30-28-38)55(43-31-32-49-48-21-10-11-24-52(48)56-53(49)35-43)51-23-12-22-45(41-26-25-37-15-4-5-16-39(37)33-41)54(51)50-34-40-17-6-7-18-44(40)46-19-8-9-20-47(46)50/h1-35H. The van der Waals surface area contributed by atoms with Gasteiger partial charge in [-0.2, -0.15) is 0 Å². The molecule has 0 N–H and O–H groups in total. The molecule has 0 saturated heterocycles. The first-order valence-corrected chi connectivity index (χ1v) is 20.0. The lowest BCUT2D eigenvalue weighted by atomic mass is 9.87. The minimum atomic E-state index is 1.10. The van der Waals surface area contributed by atoms with Crippen LogP contribution in [0.4, 0.5) is 17.1 Å². The van der Waals surface area contributed by atoms with Gasteiger partial charge in [-0.25, -0.2) is 0 Å². The summed E-state index contributed by atoms with van der Waals surface area (Å²) < 4.78 is 2.58. The third-order valence-electron chi connectivity index (χ3n) is 11.2. The van der Waals surface area contributed by atoms with E-state index in [4.69, 9.17) is 0 Å². The normalized spacial score (nSPS) is 11.6. The summed E-state index contributed by atoms with van der Waals surface area (Å²) in [4.78, 5) is 2.47. The van der Waals surface area contributed by atoms with Crippen molar-refractivity contribution in [1.29, 1.82) is 0 Å². The molecule has 0 aliphatic rings. The Balaban J connectivity index is 1.22. The van der Waals surface area contributed by atoms with Crippen LogP contribution in [0.25, 0.3) is 85.9 Å². The molecule has 0 unspecified atom stereocenters. The van der Waals surface area contributed by atoms with Gasteiger partial charge in [-0.3, -0.25) is 0 Å². The van der Waals surface area contributed by atoms with Gasteiger partial charge < -0.3 is 4.90 Å². The van der Waals surface area contributed by atoms with Gasteiger partial charge in [0.2, 0.25) is 0 Å². The number of anilines is 3. The van der Waals surface area contributed by atoms with Crippen LogP contribution in [-0.4, -0.2) is 0 Å². The van der Waals surface area contributed by atoms with Crippen molar-refractivity contribution in [3.8, 4) is 33.4 Å². The van der Waals surface area contributed by atoms with Crippen LogP contribution in [0, 0.1) is 0 Å². The summed E-state index contributed by atoms with van der Waals surface area (Å²) in [6.45, 7) is 0. The van der Waals surface area contributed by atoms with Gasteiger partial charge in [0.15, 0.2) is 0 Å². The topological polar surface area (TPSA) is 3.24 Å². The summed E-state index contributed by atoms with van der Waals surface area (Å²) in [6, 6.07) is 78.0. The van der Waals surface area contributed by atoms with E-state index in [1.807, 2.05) is 11.3 Å². The number of benzene rings is 10. The zero-order chi connectivity index (χ0) is 37.0. The molecule has 10 aromatic carbocycles. The van der Waals surface area contributed by atoms with E-state index >= 15 is 0 Å². The average molecular weight is 730 g/mol. The smallest absolute Gasteiger partial charge is 0.0546 e. The van der Waals surface area contributed by atoms with Crippen LogP contribution in [0.3, 0.4) is 0 Å². The predicted molar refractivity (Wildman–Crippen MR) is 243 cm³/mol. The van der Waals surface area contributed by atoms with Gasteiger partial charge in [0, 0.05) is 37.1 Å². The first-order valence-electron chi connectivity index (χ1n) is 19.2. The number of nitrogens with zero attached hydrogens (tertiary/aromatic N) is 1. The Kier molecular flexibility index (Phi) is 7.75. The van der Waals surface area contributed by atoms with Crippen molar-refractivity contribution < 1.29 is 0 Å². The van der Waals surface area contributed by atoms with E-state index < -0.39 is 0 Å². The highest BCUT2D eigenvalue weighted by atomic mass is 32.1. The lowest BCUT2D eigenvalue weighted by Crippen LogP contribution is -2.12. The molecule has 11 rings (SSSR count). The van der Waals surface area contributed by atoms with Crippen LogP contribution in [-0.2, 0) is 0 Å². The van der Waals surface area contributed by atoms with Crippen LogP contribution in [0.2, 0.25) is 0 Å². The average Bonchev–Trinajstić information content (AvgIpc) is 3.64. The molecule has 262 valence electrons. The number of thiophene rings is 1. The van der Waals surface area contributed by atoms with Gasteiger partial charge in [-0.15, -0.1) is 11.3 Å². The van der Waals surface area contributed by atoms with E-state index in [1.54, 1.807) is 0 Å². The quantitative estimate of drug-likeness (QED) is 0.154. The van der Waals surface area contributed by atoms with Crippen molar-refractivity contribution in [3.63, 3.8) is 0 Å². The van der Waals surface area contributed by atoms with Crippen LogP contribution in [0.1, 0.15) is 0 Å². The highest BCUT2D eigenvalue weighted by Gasteiger charge is 2.23. The van der Waals surface area contributed by atoms with Crippen molar-refractivity contribution in [1.82, 2.24) is 0 Å². The lowest BCUT2D eigenvalue weighted by Gasteiger charge is -2.30. The zero-order valence-electron chi connectivity index (χ0n) is 30.6. The summed E-state index contributed by atoms with van der Waals surface area (Å²) >= 11 is 1.86. The molecule has 0 bridgehead atoms. The molecule has 0 aliphatic carbocycles. The van der Waals surface area contributed by atoms with Crippen molar-refractivity contribution >= 4 is 80.9 Å². The molecule has 0 radical (unpaired) electrons. The minimum absolute atomic E-state index is 1.10. The van der Waals surface area contributed by atoms with E-state index in [0.29, 0.717) is 0 Å². The van der Waals surface area contributed by atoms with E-state index in [2.05, 4.69) is 217 Å². The minimum Gasteiger partial charge on any atom is -0.310 e. The maximum absolute atomic E-state index is 2.47. The van der Waals surface area contributed by atoms with Crippen LogP contribution in [0.15, 0.2) is 212 Å². The second-order valence-electron chi connectivity index (χ2n) is 14.5. The summed E-state index contributed by atoms with van der Waals surface area (Å²) in [5, 5.41) is 10.0. The van der Waals surface area contributed by atoms with Crippen molar-refractivity contribution in [2.75, 3.05) is 4.90 Å². The largest absolute Gasteiger partial charge is 0.310 e. The molecule has 0 spiro atoms. The summed E-state index contributed by atoms with van der Waals surface area (Å²) in [5.41, 5.74) is 10.6. The van der Waals surface area contributed by atoms with E-state index in [1.165, 1.54) is 85.9 Å². The molecule has 0 aliphatic heterocycles. The maximum Gasteiger partial charge on any atom is 0.0546 e. The highest BCUT2D eigenvalue weighted by Crippen LogP contribution is 2.49. The van der Waals surface area contributed by atoms with Crippen molar-refractivity contribution in [2.24, 2.45) is 0 Å². The van der Waals surface area contributed by atoms with Gasteiger partial charge in [-0.1, -0.05) is 164 Å². The summed E-state index contributed by atoms with van der Waals surface area (Å²) in [5.74, 6) is 0. The molecule has 0 amide bonds. The van der Waals surface area contributed by atoms with Crippen molar-refractivity contribution in [3.05, 3.63) is 212 Å². The molecule has 2 heteroatoms. The Labute approximate surface area is 330 Å². The molecule has 56 heavy (non-hydrogen) atoms. The Hall–Kier alpha value is -7.00. The molecule has 11 aromatic rings. The Morgan fingerprint density at radius 1 is 0.304 bits per heavy atom. The fourth-order valence-electron chi connectivity index (χ4n) is 8.58. The van der Waals surface area contributed by atoms with Gasteiger partial charge in [0.05, 0.1) is 5.69 Å². The number of hydrogen-bond acceptors (Lipinski definition) is 2. The zero-order valence-corrected chi connectivity index (χ0v) is 31.4. The first kappa shape index (κ1) is 32.4. The maximum atomic E-state index is 2.47. The van der Waals surface area contributed by atoms with Gasteiger partial charge in [0.1, 0.15) is 0 Å². The molecule has 0 fully saturated rings. The number of hydrogen-bond donors (Lipinski definition) is 0. The molecule has 0 atom stereocenters. The fraction of sp³-hybridized carbons (Fsp3) is 0. The highest BCUT2D eigenvalue weighted by molar-refractivity contribution is 7.25.